The molecule has 0 spiro atoms. The number of ether oxygens (including phenoxy) is 1. The van der Waals surface area contributed by atoms with Gasteiger partial charge in [0.25, 0.3) is 0 Å². The van der Waals surface area contributed by atoms with Crippen molar-refractivity contribution in [2.75, 3.05) is 31.1 Å². The minimum Gasteiger partial charge on any atom is -0.474 e. The molecule has 0 atom stereocenters. The SMILES string of the molecule is Cc1nccc(CN2CCN(c3ccc4ncnc(OC5CCC5)c4c3)CC2)n1. The summed E-state index contributed by atoms with van der Waals surface area (Å²) < 4.78 is 6.11. The summed E-state index contributed by atoms with van der Waals surface area (Å²) in [6, 6.07) is 8.43. The van der Waals surface area contributed by atoms with Crippen LogP contribution >= 0.6 is 0 Å². The van der Waals surface area contributed by atoms with E-state index in [1.54, 1.807) is 6.33 Å². The lowest BCUT2D eigenvalue weighted by Crippen LogP contribution is -2.46. The predicted molar refractivity (Wildman–Crippen MR) is 112 cm³/mol. The van der Waals surface area contributed by atoms with Crippen molar-refractivity contribution in [1.82, 2.24) is 24.8 Å². The molecule has 7 heteroatoms. The van der Waals surface area contributed by atoms with E-state index < -0.39 is 0 Å². The van der Waals surface area contributed by atoms with Gasteiger partial charge in [-0.15, -0.1) is 0 Å². The fourth-order valence-corrected chi connectivity index (χ4v) is 3.94. The first-order chi connectivity index (χ1) is 14.2. The highest BCUT2D eigenvalue weighted by Gasteiger charge is 2.22. The smallest absolute Gasteiger partial charge is 0.224 e. The molecule has 1 aliphatic heterocycles. The van der Waals surface area contributed by atoms with Crippen LogP contribution in [0.25, 0.3) is 10.9 Å². The van der Waals surface area contributed by atoms with Crippen LogP contribution in [-0.2, 0) is 6.54 Å². The van der Waals surface area contributed by atoms with Crippen LogP contribution in [0, 0.1) is 6.92 Å². The second kappa shape index (κ2) is 7.91. The van der Waals surface area contributed by atoms with E-state index in [1.165, 1.54) is 12.1 Å². The van der Waals surface area contributed by atoms with Gasteiger partial charge in [-0.25, -0.2) is 19.9 Å². The summed E-state index contributed by atoms with van der Waals surface area (Å²) >= 11 is 0. The zero-order chi connectivity index (χ0) is 19.6. The fraction of sp³-hybridized carbons (Fsp3) is 0.455. The third-order valence-corrected chi connectivity index (χ3v) is 5.87. The van der Waals surface area contributed by atoms with Gasteiger partial charge in [0, 0.05) is 44.6 Å². The van der Waals surface area contributed by atoms with Gasteiger partial charge in [-0.2, -0.15) is 0 Å². The van der Waals surface area contributed by atoms with Crippen molar-refractivity contribution in [2.24, 2.45) is 0 Å². The Hall–Kier alpha value is -2.80. The van der Waals surface area contributed by atoms with Gasteiger partial charge in [-0.1, -0.05) is 0 Å². The second-order valence-corrected chi connectivity index (χ2v) is 7.91. The van der Waals surface area contributed by atoms with Crippen molar-refractivity contribution in [1.29, 1.82) is 0 Å². The molecule has 0 bridgehead atoms. The third kappa shape index (κ3) is 4.00. The standard InChI is InChI=1S/C22H26N6O/c1-16-23-8-7-17(26-16)14-27-9-11-28(12-10-27)18-5-6-21-20(13-18)22(25-15-24-21)29-19-3-2-4-19/h5-8,13,15,19H,2-4,9-12,14H2,1H3. The number of fused-ring (bicyclic) bond motifs is 1. The van der Waals surface area contributed by atoms with Gasteiger partial charge in [-0.05, 0) is 50.5 Å². The van der Waals surface area contributed by atoms with Crippen LogP contribution in [0.5, 0.6) is 5.88 Å². The van der Waals surface area contributed by atoms with Crippen molar-refractivity contribution < 1.29 is 4.74 Å². The highest BCUT2D eigenvalue weighted by atomic mass is 16.5. The molecular weight excluding hydrogens is 364 g/mol. The average Bonchev–Trinajstić information content (AvgIpc) is 2.71. The van der Waals surface area contributed by atoms with Gasteiger partial charge < -0.3 is 9.64 Å². The lowest BCUT2D eigenvalue weighted by atomic mass is 9.96. The zero-order valence-corrected chi connectivity index (χ0v) is 16.8. The average molecular weight is 390 g/mol. The van der Waals surface area contributed by atoms with E-state index in [0.717, 1.165) is 73.9 Å². The summed E-state index contributed by atoms with van der Waals surface area (Å²) in [4.78, 5) is 22.4. The lowest BCUT2D eigenvalue weighted by molar-refractivity contribution is 0.116. The molecule has 3 aromatic rings. The second-order valence-electron chi connectivity index (χ2n) is 7.91. The maximum absolute atomic E-state index is 6.11. The molecule has 0 unspecified atom stereocenters. The lowest BCUT2D eigenvalue weighted by Gasteiger charge is -2.36. The minimum absolute atomic E-state index is 0.311. The molecule has 1 aromatic carbocycles. The number of aryl methyl sites for hydroxylation is 1. The molecule has 7 nitrogen and oxygen atoms in total. The van der Waals surface area contributed by atoms with Crippen molar-refractivity contribution in [3.05, 3.63) is 48.3 Å². The Morgan fingerprint density at radius 2 is 1.90 bits per heavy atom. The van der Waals surface area contributed by atoms with Crippen LogP contribution in [0.3, 0.4) is 0 Å². The van der Waals surface area contributed by atoms with Crippen molar-refractivity contribution in [3.63, 3.8) is 0 Å². The number of hydrogen-bond donors (Lipinski definition) is 0. The molecular formula is C22H26N6O. The molecule has 0 amide bonds. The molecule has 150 valence electrons. The summed E-state index contributed by atoms with van der Waals surface area (Å²) in [5.41, 5.74) is 3.24. The van der Waals surface area contributed by atoms with Crippen LogP contribution < -0.4 is 9.64 Å². The van der Waals surface area contributed by atoms with Gasteiger partial charge >= 0.3 is 0 Å². The minimum atomic E-state index is 0.311. The summed E-state index contributed by atoms with van der Waals surface area (Å²) in [7, 11) is 0. The van der Waals surface area contributed by atoms with E-state index in [0.29, 0.717) is 6.10 Å². The van der Waals surface area contributed by atoms with E-state index in [4.69, 9.17) is 4.74 Å². The van der Waals surface area contributed by atoms with Gasteiger partial charge in [0.1, 0.15) is 18.3 Å². The van der Waals surface area contributed by atoms with Gasteiger partial charge in [0.15, 0.2) is 0 Å². The number of hydrogen-bond acceptors (Lipinski definition) is 7. The van der Waals surface area contributed by atoms with Gasteiger partial charge in [0.2, 0.25) is 5.88 Å². The Balaban J connectivity index is 1.28. The molecule has 2 fully saturated rings. The molecule has 1 aliphatic carbocycles. The predicted octanol–water partition coefficient (Wildman–Crippen LogP) is 2.98. The first kappa shape index (κ1) is 18.2. The summed E-state index contributed by atoms with van der Waals surface area (Å²) in [6.45, 7) is 6.82. The Morgan fingerprint density at radius 1 is 1.03 bits per heavy atom. The van der Waals surface area contributed by atoms with Gasteiger partial charge in [0.05, 0.1) is 16.6 Å². The number of piperazine rings is 1. The Kier molecular flexibility index (Phi) is 4.97. The van der Waals surface area contributed by atoms with Crippen molar-refractivity contribution >= 4 is 16.6 Å². The number of anilines is 1. The highest BCUT2D eigenvalue weighted by Crippen LogP contribution is 2.31. The summed E-state index contributed by atoms with van der Waals surface area (Å²) in [5.74, 6) is 1.55. The van der Waals surface area contributed by atoms with Crippen molar-refractivity contribution in [2.45, 2.75) is 38.8 Å². The normalized spacial score (nSPS) is 18.0. The van der Waals surface area contributed by atoms with E-state index in [1.807, 2.05) is 19.2 Å². The molecule has 2 aromatic heterocycles. The molecule has 29 heavy (non-hydrogen) atoms. The molecule has 1 saturated carbocycles. The molecule has 5 rings (SSSR count). The molecule has 3 heterocycles. The Labute approximate surface area is 170 Å². The van der Waals surface area contributed by atoms with E-state index in [9.17, 15) is 0 Å². The quantitative estimate of drug-likeness (QED) is 0.663. The summed E-state index contributed by atoms with van der Waals surface area (Å²) in [6.07, 6.45) is 7.25. The molecule has 2 aliphatic rings. The highest BCUT2D eigenvalue weighted by molar-refractivity contribution is 5.86. The van der Waals surface area contributed by atoms with Crippen LogP contribution in [0.1, 0.15) is 30.8 Å². The van der Waals surface area contributed by atoms with Crippen LogP contribution in [0.4, 0.5) is 5.69 Å². The summed E-state index contributed by atoms with van der Waals surface area (Å²) in [5, 5.41) is 1.01. The van der Waals surface area contributed by atoms with Crippen molar-refractivity contribution in [3.8, 4) is 5.88 Å². The van der Waals surface area contributed by atoms with Crippen LogP contribution in [0.15, 0.2) is 36.8 Å². The monoisotopic (exact) mass is 390 g/mol. The van der Waals surface area contributed by atoms with Gasteiger partial charge in [-0.3, -0.25) is 4.90 Å². The van der Waals surface area contributed by atoms with E-state index >= 15 is 0 Å². The Morgan fingerprint density at radius 3 is 2.66 bits per heavy atom. The number of rotatable bonds is 5. The maximum atomic E-state index is 6.11. The fourth-order valence-electron chi connectivity index (χ4n) is 3.94. The topological polar surface area (TPSA) is 67.3 Å². The third-order valence-electron chi connectivity index (χ3n) is 5.87. The van der Waals surface area contributed by atoms with Crippen LogP contribution in [0.2, 0.25) is 0 Å². The maximum Gasteiger partial charge on any atom is 0.224 e. The zero-order valence-electron chi connectivity index (χ0n) is 16.8. The first-order valence-corrected chi connectivity index (χ1v) is 10.4. The Bertz CT molecular complexity index is 998. The van der Waals surface area contributed by atoms with E-state index in [2.05, 4.69) is 47.9 Å². The van der Waals surface area contributed by atoms with E-state index in [-0.39, 0.29) is 0 Å². The molecule has 0 N–H and O–H groups in total. The molecule has 1 saturated heterocycles. The first-order valence-electron chi connectivity index (χ1n) is 10.4. The number of benzene rings is 1. The number of nitrogens with zero attached hydrogens (tertiary/aromatic N) is 6. The largest absolute Gasteiger partial charge is 0.474 e. The van der Waals surface area contributed by atoms with Crippen LogP contribution in [-0.4, -0.2) is 57.1 Å². The molecule has 0 radical (unpaired) electrons. The number of aromatic nitrogens is 4.